The lowest BCUT2D eigenvalue weighted by Crippen LogP contribution is -2.24. The summed E-state index contributed by atoms with van der Waals surface area (Å²) in [6.07, 6.45) is 0.604. The Hall–Kier alpha value is -1.84. The van der Waals surface area contributed by atoms with Crippen LogP contribution in [0.1, 0.15) is 41.5 Å². The molecule has 0 heterocycles. The minimum absolute atomic E-state index is 0.000440. The van der Waals surface area contributed by atoms with Gasteiger partial charge in [0.15, 0.2) is 0 Å². The molecular weight excluding hydrogens is 208 g/mol. The lowest BCUT2D eigenvalue weighted by molar-refractivity contribution is 0.00668. The first-order chi connectivity index (χ1) is 7.33. The monoisotopic (exact) mass is 222 g/mol. The summed E-state index contributed by atoms with van der Waals surface area (Å²) in [5.74, 6) is -0.839. The summed E-state index contributed by atoms with van der Waals surface area (Å²) in [7, 11) is 0. The third-order valence-electron chi connectivity index (χ3n) is 1.78. The number of hydrogen-bond acceptors (Lipinski definition) is 4. The van der Waals surface area contributed by atoms with Crippen molar-refractivity contribution in [2.45, 2.75) is 26.4 Å². The number of aldehydes is 1. The largest absolute Gasteiger partial charge is 0.507 e. The number of aromatic hydroxyl groups is 1. The third kappa shape index (κ3) is 3.08. The van der Waals surface area contributed by atoms with Crippen molar-refractivity contribution in [3.8, 4) is 5.75 Å². The number of esters is 1. The Bertz CT molecular complexity index is 416. The van der Waals surface area contributed by atoms with Crippen LogP contribution in [-0.2, 0) is 4.74 Å². The van der Waals surface area contributed by atoms with Gasteiger partial charge in [0.25, 0.3) is 0 Å². The fourth-order valence-corrected chi connectivity index (χ4v) is 1.12. The van der Waals surface area contributed by atoms with Crippen LogP contribution in [-0.4, -0.2) is 23.0 Å². The number of rotatable bonds is 2. The van der Waals surface area contributed by atoms with Crippen molar-refractivity contribution in [2.75, 3.05) is 0 Å². The van der Waals surface area contributed by atoms with Crippen molar-refractivity contribution in [1.82, 2.24) is 0 Å². The number of benzene rings is 1. The first-order valence-electron chi connectivity index (χ1n) is 4.85. The minimum Gasteiger partial charge on any atom is -0.507 e. The maximum absolute atomic E-state index is 11.7. The molecule has 0 unspecified atom stereocenters. The SMILES string of the molecule is CC(C)(C)OC(=O)c1cc(C=O)ccc1O. The molecule has 1 N–H and O–H groups in total. The predicted octanol–water partition coefficient (Wildman–Crippen LogP) is 2.16. The van der Waals surface area contributed by atoms with Gasteiger partial charge in [-0.3, -0.25) is 4.79 Å². The van der Waals surface area contributed by atoms with E-state index < -0.39 is 11.6 Å². The number of phenols is 1. The number of ether oxygens (including phenoxy) is 1. The van der Waals surface area contributed by atoms with Gasteiger partial charge in [0.1, 0.15) is 23.2 Å². The lowest BCUT2D eigenvalue weighted by atomic mass is 10.1. The number of carbonyl (C=O) groups excluding carboxylic acids is 2. The van der Waals surface area contributed by atoms with Gasteiger partial charge in [0.05, 0.1) is 0 Å². The highest BCUT2D eigenvalue weighted by molar-refractivity contribution is 5.94. The van der Waals surface area contributed by atoms with E-state index in [-0.39, 0.29) is 11.3 Å². The van der Waals surface area contributed by atoms with Crippen molar-refractivity contribution in [3.05, 3.63) is 29.3 Å². The van der Waals surface area contributed by atoms with Gasteiger partial charge < -0.3 is 9.84 Å². The molecule has 1 rings (SSSR count). The molecule has 86 valence electrons. The Morgan fingerprint density at radius 2 is 2.00 bits per heavy atom. The number of carbonyl (C=O) groups is 2. The summed E-state index contributed by atoms with van der Waals surface area (Å²) in [5.41, 5.74) is -0.320. The molecule has 0 aromatic heterocycles. The highest BCUT2D eigenvalue weighted by Gasteiger charge is 2.20. The summed E-state index contributed by atoms with van der Waals surface area (Å²) >= 11 is 0. The van der Waals surface area contributed by atoms with E-state index in [2.05, 4.69) is 0 Å². The summed E-state index contributed by atoms with van der Waals surface area (Å²) in [4.78, 5) is 22.2. The lowest BCUT2D eigenvalue weighted by Gasteiger charge is -2.19. The van der Waals surface area contributed by atoms with Crippen LogP contribution >= 0.6 is 0 Å². The zero-order valence-electron chi connectivity index (χ0n) is 9.48. The maximum Gasteiger partial charge on any atom is 0.342 e. The van der Waals surface area contributed by atoms with Gasteiger partial charge >= 0.3 is 5.97 Å². The fraction of sp³-hybridized carbons (Fsp3) is 0.333. The van der Waals surface area contributed by atoms with Crippen molar-refractivity contribution < 1.29 is 19.4 Å². The molecule has 0 spiro atoms. The average molecular weight is 222 g/mol. The summed E-state index contributed by atoms with van der Waals surface area (Å²) < 4.78 is 5.09. The standard InChI is InChI=1S/C12H14O4/c1-12(2,3)16-11(15)9-6-8(7-13)4-5-10(9)14/h4-7,14H,1-3H3. The van der Waals surface area contributed by atoms with E-state index in [9.17, 15) is 14.7 Å². The molecule has 1 aromatic rings. The molecule has 0 bridgehead atoms. The Morgan fingerprint density at radius 3 is 2.50 bits per heavy atom. The van der Waals surface area contributed by atoms with E-state index in [0.29, 0.717) is 11.8 Å². The molecule has 0 amide bonds. The van der Waals surface area contributed by atoms with Gasteiger partial charge in [-0.15, -0.1) is 0 Å². The molecule has 0 aliphatic carbocycles. The molecule has 16 heavy (non-hydrogen) atoms. The zero-order chi connectivity index (χ0) is 12.3. The quantitative estimate of drug-likeness (QED) is 0.615. The molecule has 0 atom stereocenters. The van der Waals surface area contributed by atoms with Crippen LogP contribution in [0.3, 0.4) is 0 Å². The molecule has 0 saturated heterocycles. The third-order valence-corrected chi connectivity index (χ3v) is 1.78. The van der Waals surface area contributed by atoms with Gasteiger partial charge in [-0.05, 0) is 39.0 Å². The van der Waals surface area contributed by atoms with Crippen molar-refractivity contribution in [1.29, 1.82) is 0 Å². The van der Waals surface area contributed by atoms with Crippen LogP contribution in [0.4, 0.5) is 0 Å². The highest BCUT2D eigenvalue weighted by Crippen LogP contribution is 2.21. The van der Waals surface area contributed by atoms with Crippen LogP contribution in [0.25, 0.3) is 0 Å². The van der Waals surface area contributed by atoms with E-state index >= 15 is 0 Å². The summed E-state index contributed by atoms with van der Waals surface area (Å²) in [6, 6.07) is 4.02. The molecular formula is C12H14O4. The first kappa shape index (κ1) is 12.2. The molecule has 4 nitrogen and oxygen atoms in total. The second-order valence-electron chi connectivity index (χ2n) is 4.40. The van der Waals surface area contributed by atoms with Gasteiger partial charge in [-0.25, -0.2) is 4.79 Å². The smallest absolute Gasteiger partial charge is 0.342 e. The molecule has 0 fully saturated rings. The Labute approximate surface area is 93.9 Å². The van der Waals surface area contributed by atoms with Crippen LogP contribution in [0.2, 0.25) is 0 Å². The van der Waals surface area contributed by atoms with Crippen LogP contribution in [0.15, 0.2) is 18.2 Å². The Morgan fingerprint density at radius 1 is 1.38 bits per heavy atom. The topological polar surface area (TPSA) is 63.6 Å². The van der Waals surface area contributed by atoms with Crippen LogP contribution in [0.5, 0.6) is 5.75 Å². The highest BCUT2D eigenvalue weighted by atomic mass is 16.6. The molecule has 0 aliphatic rings. The number of hydrogen-bond donors (Lipinski definition) is 1. The normalized spacial score (nSPS) is 10.9. The zero-order valence-corrected chi connectivity index (χ0v) is 9.48. The van der Waals surface area contributed by atoms with Crippen LogP contribution < -0.4 is 0 Å². The minimum atomic E-state index is -0.645. The Kier molecular flexibility index (Phi) is 3.32. The van der Waals surface area contributed by atoms with E-state index in [1.807, 2.05) is 0 Å². The summed E-state index contributed by atoms with van der Waals surface area (Å²) in [6.45, 7) is 5.18. The van der Waals surface area contributed by atoms with Crippen molar-refractivity contribution >= 4 is 12.3 Å². The average Bonchev–Trinajstić information content (AvgIpc) is 2.15. The van der Waals surface area contributed by atoms with Gasteiger partial charge in [-0.1, -0.05) is 0 Å². The van der Waals surface area contributed by atoms with Crippen LogP contribution in [0, 0.1) is 0 Å². The fourth-order valence-electron chi connectivity index (χ4n) is 1.12. The van der Waals surface area contributed by atoms with Gasteiger partial charge in [0, 0.05) is 5.56 Å². The molecule has 1 aromatic carbocycles. The molecule has 0 aliphatic heterocycles. The maximum atomic E-state index is 11.7. The van der Waals surface area contributed by atoms with Gasteiger partial charge in [-0.2, -0.15) is 0 Å². The van der Waals surface area contributed by atoms with Crippen molar-refractivity contribution in [2.24, 2.45) is 0 Å². The summed E-state index contributed by atoms with van der Waals surface area (Å²) in [5, 5.41) is 9.48. The van der Waals surface area contributed by atoms with Gasteiger partial charge in [0.2, 0.25) is 0 Å². The Balaban J connectivity index is 3.03. The molecule has 0 saturated carbocycles. The predicted molar refractivity (Wildman–Crippen MR) is 58.7 cm³/mol. The van der Waals surface area contributed by atoms with Crippen molar-refractivity contribution in [3.63, 3.8) is 0 Å². The van der Waals surface area contributed by atoms with E-state index in [4.69, 9.17) is 4.74 Å². The second kappa shape index (κ2) is 4.35. The second-order valence-corrected chi connectivity index (χ2v) is 4.40. The van der Waals surface area contributed by atoms with E-state index in [0.717, 1.165) is 0 Å². The molecule has 0 radical (unpaired) electrons. The number of phenolic OH excluding ortho intramolecular Hbond substituents is 1. The molecule has 4 heteroatoms. The van der Waals surface area contributed by atoms with E-state index in [1.54, 1.807) is 20.8 Å². The van der Waals surface area contributed by atoms with E-state index in [1.165, 1.54) is 18.2 Å². The first-order valence-corrected chi connectivity index (χ1v) is 4.85.